The number of methoxy groups -OCH3 is 1. The van der Waals surface area contributed by atoms with E-state index in [0.717, 1.165) is 16.9 Å². The van der Waals surface area contributed by atoms with Crippen LogP contribution >= 0.6 is 11.6 Å². The molecule has 22 heavy (non-hydrogen) atoms. The molecule has 0 unspecified atom stereocenters. The van der Waals surface area contributed by atoms with Crippen LogP contribution in [0.2, 0.25) is 5.02 Å². The molecule has 0 aromatic heterocycles. The molecule has 0 atom stereocenters. The highest BCUT2D eigenvalue weighted by atomic mass is 35.5. The fourth-order valence-corrected chi connectivity index (χ4v) is 1.85. The Balaban J connectivity index is 1.89. The van der Waals surface area contributed by atoms with Gasteiger partial charge in [-0.05, 0) is 29.8 Å². The van der Waals surface area contributed by atoms with E-state index in [1.54, 1.807) is 19.3 Å². The number of benzene rings is 2. The molecule has 1 N–H and O–H groups in total. The van der Waals surface area contributed by atoms with E-state index in [1.807, 2.05) is 42.5 Å². The maximum Gasteiger partial charge on any atom is 0.264 e. The predicted octanol–water partition coefficient (Wildman–Crippen LogP) is 3.51. The van der Waals surface area contributed by atoms with Gasteiger partial charge < -0.3 is 4.74 Å². The number of nitrogens with zero attached hydrogens (tertiary/aromatic N) is 1. The van der Waals surface area contributed by atoms with Crippen molar-refractivity contribution in [2.75, 3.05) is 7.11 Å². The Kier molecular flexibility index (Phi) is 5.74. The van der Waals surface area contributed by atoms with Gasteiger partial charge in [-0.25, -0.2) is 5.43 Å². The van der Waals surface area contributed by atoms with Crippen molar-refractivity contribution in [3.8, 4) is 5.75 Å². The lowest BCUT2D eigenvalue weighted by Crippen LogP contribution is -2.14. The van der Waals surface area contributed by atoms with Crippen LogP contribution in [-0.4, -0.2) is 19.2 Å². The Labute approximate surface area is 134 Å². The summed E-state index contributed by atoms with van der Waals surface area (Å²) in [7, 11) is 1.61. The van der Waals surface area contributed by atoms with Crippen molar-refractivity contribution in [2.24, 2.45) is 5.10 Å². The van der Waals surface area contributed by atoms with Crippen molar-refractivity contribution in [1.29, 1.82) is 0 Å². The SMILES string of the molecule is COc1ccc(/C=C/C(=O)N/N=C\c2ccccc2Cl)cc1. The molecular weight excluding hydrogens is 300 g/mol. The van der Waals surface area contributed by atoms with Crippen LogP contribution in [-0.2, 0) is 4.79 Å². The van der Waals surface area contributed by atoms with E-state index in [4.69, 9.17) is 16.3 Å². The van der Waals surface area contributed by atoms with E-state index in [1.165, 1.54) is 12.3 Å². The third kappa shape index (κ3) is 4.75. The predicted molar refractivity (Wildman–Crippen MR) is 89.2 cm³/mol. The van der Waals surface area contributed by atoms with Crippen LogP contribution < -0.4 is 10.2 Å². The zero-order valence-corrected chi connectivity index (χ0v) is 12.7. The number of halogens is 1. The second-order valence-electron chi connectivity index (χ2n) is 4.36. The van der Waals surface area contributed by atoms with Crippen LogP contribution in [0.25, 0.3) is 6.08 Å². The van der Waals surface area contributed by atoms with E-state index < -0.39 is 0 Å². The van der Waals surface area contributed by atoms with E-state index >= 15 is 0 Å². The Morgan fingerprint density at radius 1 is 1.18 bits per heavy atom. The number of hydrogen-bond donors (Lipinski definition) is 1. The van der Waals surface area contributed by atoms with E-state index in [9.17, 15) is 4.79 Å². The Morgan fingerprint density at radius 2 is 1.91 bits per heavy atom. The molecule has 112 valence electrons. The van der Waals surface area contributed by atoms with Gasteiger partial charge in [-0.3, -0.25) is 4.79 Å². The summed E-state index contributed by atoms with van der Waals surface area (Å²) in [5, 5.41) is 4.44. The normalized spacial score (nSPS) is 11.0. The summed E-state index contributed by atoms with van der Waals surface area (Å²) in [6, 6.07) is 14.6. The highest BCUT2D eigenvalue weighted by molar-refractivity contribution is 6.33. The lowest BCUT2D eigenvalue weighted by molar-refractivity contribution is -0.116. The van der Waals surface area contributed by atoms with Gasteiger partial charge >= 0.3 is 0 Å². The van der Waals surface area contributed by atoms with Crippen molar-refractivity contribution >= 4 is 29.8 Å². The average molecular weight is 315 g/mol. The number of nitrogens with one attached hydrogen (secondary N) is 1. The maximum atomic E-state index is 11.6. The van der Waals surface area contributed by atoms with E-state index in [-0.39, 0.29) is 5.91 Å². The van der Waals surface area contributed by atoms with Gasteiger partial charge in [0.15, 0.2) is 0 Å². The largest absolute Gasteiger partial charge is 0.497 e. The molecule has 0 saturated heterocycles. The van der Waals surface area contributed by atoms with Gasteiger partial charge in [0, 0.05) is 16.7 Å². The van der Waals surface area contributed by atoms with Gasteiger partial charge in [-0.1, -0.05) is 41.9 Å². The Hall–Kier alpha value is -2.59. The van der Waals surface area contributed by atoms with Gasteiger partial charge in [0.2, 0.25) is 0 Å². The number of rotatable bonds is 5. The first kappa shape index (κ1) is 15.8. The monoisotopic (exact) mass is 314 g/mol. The molecule has 5 heteroatoms. The zero-order chi connectivity index (χ0) is 15.8. The molecule has 2 aromatic rings. The van der Waals surface area contributed by atoms with E-state index in [2.05, 4.69) is 10.5 Å². The number of carbonyl (C=O) groups excluding carboxylic acids is 1. The molecule has 0 heterocycles. The summed E-state index contributed by atoms with van der Waals surface area (Å²) in [5.74, 6) is 0.449. The van der Waals surface area contributed by atoms with E-state index in [0.29, 0.717) is 5.02 Å². The van der Waals surface area contributed by atoms with Crippen LogP contribution in [0.4, 0.5) is 0 Å². The summed E-state index contributed by atoms with van der Waals surface area (Å²) in [4.78, 5) is 11.6. The minimum atomic E-state index is -0.320. The van der Waals surface area contributed by atoms with Crippen molar-refractivity contribution in [3.63, 3.8) is 0 Å². The second kappa shape index (κ2) is 8.00. The fourth-order valence-electron chi connectivity index (χ4n) is 1.67. The molecule has 0 saturated carbocycles. The zero-order valence-electron chi connectivity index (χ0n) is 12.0. The molecule has 2 rings (SSSR count). The van der Waals surface area contributed by atoms with Gasteiger partial charge in [0.1, 0.15) is 5.75 Å². The Morgan fingerprint density at radius 3 is 2.59 bits per heavy atom. The van der Waals surface area contributed by atoms with Crippen molar-refractivity contribution in [2.45, 2.75) is 0 Å². The summed E-state index contributed by atoms with van der Waals surface area (Å²) in [6.45, 7) is 0. The van der Waals surface area contributed by atoms with Crippen LogP contribution in [0.5, 0.6) is 5.75 Å². The molecule has 0 radical (unpaired) electrons. The van der Waals surface area contributed by atoms with Gasteiger partial charge in [-0.15, -0.1) is 0 Å². The van der Waals surface area contributed by atoms with Crippen molar-refractivity contribution < 1.29 is 9.53 Å². The quantitative estimate of drug-likeness (QED) is 0.521. The summed E-state index contributed by atoms with van der Waals surface area (Å²) in [5.41, 5.74) is 4.05. The first-order valence-corrected chi connectivity index (χ1v) is 6.96. The van der Waals surface area contributed by atoms with Gasteiger partial charge in [-0.2, -0.15) is 5.10 Å². The molecule has 0 bridgehead atoms. The fraction of sp³-hybridized carbons (Fsp3) is 0.0588. The summed E-state index contributed by atoms with van der Waals surface area (Å²) >= 11 is 5.98. The van der Waals surface area contributed by atoms with Crippen LogP contribution in [0, 0.1) is 0 Å². The highest BCUT2D eigenvalue weighted by Crippen LogP contribution is 2.13. The molecule has 2 aromatic carbocycles. The lowest BCUT2D eigenvalue weighted by Gasteiger charge is -1.99. The average Bonchev–Trinajstić information content (AvgIpc) is 2.55. The first-order valence-electron chi connectivity index (χ1n) is 6.59. The van der Waals surface area contributed by atoms with Crippen LogP contribution in [0.3, 0.4) is 0 Å². The number of hydrazone groups is 1. The molecule has 1 amide bonds. The molecular formula is C17H15ClN2O2. The maximum absolute atomic E-state index is 11.6. The summed E-state index contributed by atoms with van der Waals surface area (Å²) < 4.78 is 5.07. The van der Waals surface area contributed by atoms with Crippen molar-refractivity contribution in [3.05, 3.63) is 70.8 Å². The molecule has 0 aliphatic rings. The molecule has 0 fully saturated rings. The van der Waals surface area contributed by atoms with Gasteiger partial charge in [0.05, 0.1) is 13.3 Å². The topological polar surface area (TPSA) is 50.7 Å². The van der Waals surface area contributed by atoms with Crippen molar-refractivity contribution in [1.82, 2.24) is 5.43 Å². The number of ether oxygens (including phenoxy) is 1. The number of carbonyl (C=O) groups is 1. The smallest absolute Gasteiger partial charge is 0.264 e. The summed E-state index contributed by atoms with van der Waals surface area (Å²) in [6.07, 6.45) is 4.60. The first-order chi connectivity index (χ1) is 10.7. The van der Waals surface area contributed by atoms with Crippen LogP contribution in [0.1, 0.15) is 11.1 Å². The Bertz CT molecular complexity index is 694. The molecule has 0 spiro atoms. The minimum Gasteiger partial charge on any atom is -0.497 e. The number of hydrogen-bond acceptors (Lipinski definition) is 3. The molecule has 4 nitrogen and oxygen atoms in total. The lowest BCUT2D eigenvalue weighted by atomic mass is 10.2. The third-order valence-corrected chi connectivity index (χ3v) is 3.17. The standard InChI is InChI=1S/C17H15ClN2O2/c1-22-15-9-6-13(7-10-15)8-11-17(21)20-19-12-14-4-2-3-5-16(14)18/h2-12H,1H3,(H,20,21)/b11-8+,19-12-. The van der Waals surface area contributed by atoms with Gasteiger partial charge in [0.25, 0.3) is 5.91 Å². The highest BCUT2D eigenvalue weighted by Gasteiger charge is 1.96. The second-order valence-corrected chi connectivity index (χ2v) is 4.77. The molecule has 0 aliphatic heterocycles. The minimum absolute atomic E-state index is 0.320. The third-order valence-electron chi connectivity index (χ3n) is 2.83. The number of amides is 1. The molecule has 0 aliphatic carbocycles. The van der Waals surface area contributed by atoms with Crippen LogP contribution in [0.15, 0.2) is 59.7 Å².